The van der Waals surface area contributed by atoms with Crippen molar-refractivity contribution in [3.63, 3.8) is 0 Å². The fraction of sp³-hybridized carbons (Fsp3) is 0.533. The average molecular weight is 300 g/mol. The lowest BCUT2D eigenvalue weighted by Gasteiger charge is -2.11. The zero-order chi connectivity index (χ0) is 14.6. The molecule has 1 N–H and O–H groups in total. The van der Waals surface area contributed by atoms with Crippen molar-refractivity contribution in [2.24, 2.45) is 0 Å². The van der Waals surface area contributed by atoms with E-state index in [1.807, 2.05) is 0 Å². The molecular weight excluding hydrogens is 278 g/mol. The lowest BCUT2D eigenvalue weighted by Crippen LogP contribution is -2.18. The van der Waals surface area contributed by atoms with E-state index in [1.54, 1.807) is 7.11 Å². The molecule has 0 unspecified atom stereocenters. The van der Waals surface area contributed by atoms with Gasteiger partial charge in [-0.25, -0.2) is 0 Å². The van der Waals surface area contributed by atoms with Gasteiger partial charge in [-0.2, -0.15) is 0 Å². The number of aryl methyl sites for hydroxylation is 1. The first-order valence-corrected chi connectivity index (χ1v) is 7.31. The molecule has 0 aliphatic rings. The molecule has 112 valence electrons. The predicted octanol–water partition coefficient (Wildman–Crippen LogP) is 2.17. The minimum atomic E-state index is 0.523. The molecule has 0 aromatic heterocycles. The summed E-state index contributed by atoms with van der Waals surface area (Å²) < 4.78 is 10.9. The summed E-state index contributed by atoms with van der Waals surface area (Å²) in [4.78, 5) is 10.1. The van der Waals surface area contributed by atoms with Crippen LogP contribution in [0.4, 0.5) is 0 Å². The van der Waals surface area contributed by atoms with Gasteiger partial charge in [0.2, 0.25) is 6.41 Å². The van der Waals surface area contributed by atoms with Gasteiger partial charge in [0.1, 0.15) is 5.75 Å². The van der Waals surface area contributed by atoms with E-state index in [4.69, 9.17) is 21.1 Å². The number of nitrogens with one attached hydrogen (secondary N) is 1. The van der Waals surface area contributed by atoms with Gasteiger partial charge in [-0.05, 0) is 36.5 Å². The van der Waals surface area contributed by atoms with E-state index < -0.39 is 0 Å². The molecule has 0 bridgehead atoms. The summed E-state index contributed by atoms with van der Waals surface area (Å²) in [5.74, 6) is 1.57. The number of ether oxygens (including phenoxy) is 2. The van der Waals surface area contributed by atoms with E-state index in [9.17, 15) is 4.79 Å². The van der Waals surface area contributed by atoms with Crippen LogP contribution >= 0.6 is 11.6 Å². The molecule has 0 aliphatic heterocycles. The molecule has 0 radical (unpaired) electrons. The quantitative estimate of drug-likeness (QED) is 0.387. The predicted molar refractivity (Wildman–Crippen MR) is 80.6 cm³/mol. The Bertz CT molecular complexity index is 399. The SMILES string of the molecule is COc1cc(CCCCl)ccc1CCOCCNC=O. The number of methoxy groups -OCH3 is 1. The van der Waals surface area contributed by atoms with Crippen LogP contribution in [-0.4, -0.2) is 39.2 Å². The Labute approximate surface area is 125 Å². The summed E-state index contributed by atoms with van der Waals surface area (Å²) in [6.07, 6.45) is 3.40. The first-order chi connectivity index (χ1) is 9.81. The van der Waals surface area contributed by atoms with Crippen molar-refractivity contribution >= 4 is 18.0 Å². The molecule has 0 fully saturated rings. The molecule has 0 saturated heterocycles. The Hall–Kier alpha value is -1.26. The number of rotatable bonds is 11. The van der Waals surface area contributed by atoms with Crippen LogP contribution in [0, 0.1) is 0 Å². The molecule has 1 aromatic rings. The third-order valence-corrected chi connectivity index (χ3v) is 3.21. The number of halogens is 1. The lowest BCUT2D eigenvalue weighted by atomic mass is 10.0. The molecule has 4 nitrogen and oxygen atoms in total. The van der Waals surface area contributed by atoms with E-state index in [0.717, 1.165) is 30.6 Å². The third kappa shape index (κ3) is 6.26. The van der Waals surface area contributed by atoms with E-state index in [-0.39, 0.29) is 0 Å². The molecule has 20 heavy (non-hydrogen) atoms. The molecule has 5 heteroatoms. The van der Waals surface area contributed by atoms with Crippen LogP contribution in [0.2, 0.25) is 0 Å². The van der Waals surface area contributed by atoms with Gasteiger partial charge in [-0.15, -0.1) is 11.6 Å². The zero-order valence-corrected chi connectivity index (χ0v) is 12.6. The van der Waals surface area contributed by atoms with Crippen LogP contribution in [0.1, 0.15) is 17.5 Å². The Morgan fingerprint density at radius 2 is 2.15 bits per heavy atom. The van der Waals surface area contributed by atoms with Crippen LogP contribution in [0.3, 0.4) is 0 Å². The second-order valence-electron chi connectivity index (χ2n) is 4.37. The van der Waals surface area contributed by atoms with Crippen LogP contribution in [0.15, 0.2) is 18.2 Å². The minimum absolute atomic E-state index is 0.523. The highest BCUT2D eigenvalue weighted by Gasteiger charge is 2.04. The van der Waals surface area contributed by atoms with E-state index in [2.05, 4.69) is 23.5 Å². The first-order valence-electron chi connectivity index (χ1n) is 6.78. The Balaban J connectivity index is 2.42. The van der Waals surface area contributed by atoms with Gasteiger partial charge in [0.25, 0.3) is 0 Å². The topological polar surface area (TPSA) is 47.6 Å². The largest absolute Gasteiger partial charge is 0.496 e. The van der Waals surface area contributed by atoms with E-state index in [1.165, 1.54) is 5.56 Å². The van der Waals surface area contributed by atoms with Gasteiger partial charge in [0.15, 0.2) is 0 Å². The summed E-state index contributed by atoms with van der Waals surface area (Å²) >= 11 is 5.70. The number of benzene rings is 1. The number of hydrogen-bond acceptors (Lipinski definition) is 3. The van der Waals surface area contributed by atoms with Crippen molar-refractivity contribution < 1.29 is 14.3 Å². The van der Waals surface area contributed by atoms with Gasteiger partial charge in [0, 0.05) is 12.4 Å². The van der Waals surface area contributed by atoms with Gasteiger partial charge in [0.05, 0.1) is 20.3 Å². The highest BCUT2D eigenvalue weighted by Crippen LogP contribution is 2.21. The van der Waals surface area contributed by atoms with Crippen LogP contribution < -0.4 is 10.1 Å². The van der Waals surface area contributed by atoms with Crippen molar-refractivity contribution in [2.45, 2.75) is 19.3 Å². The van der Waals surface area contributed by atoms with Crippen molar-refractivity contribution in [3.05, 3.63) is 29.3 Å². The summed E-state index contributed by atoms with van der Waals surface area (Å²) in [5, 5.41) is 2.56. The second-order valence-corrected chi connectivity index (χ2v) is 4.75. The first kappa shape index (κ1) is 16.8. The smallest absolute Gasteiger partial charge is 0.207 e. The Kier molecular flexibility index (Phi) is 8.83. The van der Waals surface area contributed by atoms with Crippen molar-refractivity contribution in [3.8, 4) is 5.75 Å². The zero-order valence-electron chi connectivity index (χ0n) is 11.9. The fourth-order valence-electron chi connectivity index (χ4n) is 1.90. The number of hydrogen-bond donors (Lipinski definition) is 1. The standard InChI is InChI=1S/C15H22ClNO3/c1-19-15-11-13(3-2-7-16)4-5-14(15)6-9-20-10-8-17-12-18/h4-5,11-12H,2-3,6-10H2,1H3,(H,17,18). The molecule has 0 atom stereocenters. The molecular formula is C15H22ClNO3. The number of carbonyl (C=O) groups excluding carboxylic acids is 1. The minimum Gasteiger partial charge on any atom is -0.496 e. The molecule has 1 rings (SSSR count). The highest BCUT2D eigenvalue weighted by atomic mass is 35.5. The van der Waals surface area contributed by atoms with E-state index in [0.29, 0.717) is 32.0 Å². The van der Waals surface area contributed by atoms with Crippen LogP contribution in [-0.2, 0) is 22.4 Å². The van der Waals surface area contributed by atoms with Crippen molar-refractivity contribution in [1.82, 2.24) is 5.32 Å². The Morgan fingerprint density at radius 1 is 1.30 bits per heavy atom. The van der Waals surface area contributed by atoms with Crippen LogP contribution in [0.5, 0.6) is 5.75 Å². The van der Waals surface area contributed by atoms with Gasteiger partial charge < -0.3 is 14.8 Å². The van der Waals surface area contributed by atoms with Gasteiger partial charge >= 0.3 is 0 Å². The molecule has 0 aliphatic carbocycles. The second kappa shape index (κ2) is 10.5. The maximum absolute atomic E-state index is 10.1. The summed E-state index contributed by atoms with van der Waals surface area (Å²) in [6, 6.07) is 6.25. The molecule has 1 amide bonds. The summed E-state index contributed by atoms with van der Waals surface area (Å²) in [6.45, 7) is 1.67. The van der Waals surface area contributed by atoms with Gasteiger partial charge in [-0.1, -0.05) is 12.1 Å². The maximum Gasteiger partial charge on any atom is 0.207 e. The van der Waals surface area contributed by atoms with Crippen molar-refractivity contribution in [1.29, 1.82) is 0 Å². The monoisotopic (exact) mass is 299 g/mol. The molecule has 0 spiro atoms. The lowest BCUT2D eigenvalue weighted by molar-refractivity contribution is -0.109. The normalized spacial score (nSPS) is 10.3. The Morgan fingerprint density at radius 3 is 2.85 bits per heavy atom. The fourth-order valence-corrected chi connectivity index (χ4v) is 2.03. The van der Waals surface area contributed by atoms with Gasteiger partial charge in [-0.3, -0.25) is 4.79 Å². The third-order valence-electron chi connectivity index (χ3n) is 2.94. The highest BCUT2D eigenvalue weighted by molar-refractivity contribution is 6.17. The summed E-state index contributed by atoms with van der Waals surface area (Å²) in [7, 11) is 1.68. The number of amides is 1. The number of carbonyl (C=O) groups is 1. The molecule has 0 heterocycles. The number of alkyl halides is 1. The van der Waals surface area contributed by atoms with E-state index >= 15 is 0 Å². The van der Waals surface area contributed by atoms with Crippen LogP contribution in [0.25, 0.3) is 0 Å². The maximum atomic E-state index is 10.1. The molecule has 1 aromatic carbocycles. The molecule has 0 saturated carbocycles. The summed E-state index contributed by atoms with van der Waals surface area (Å²) in [5.41, 5.74) is 2.37. The van der Waals surface area contributed by atoms with Crippen molar-refractivity contribution in [2.75, 3.05) is 32.7 Å². The average Bonchev–Trinajstić information content (AvgIpc) is 2.49.